The first-order chi connectivity index (χ1) is 8.49. The molecule has 0 saturated heterocycles. The number of aromatic nitrogens is 3. The third kappa shape index (κ3) is 2.25. The molecule has 0 aliphatic rings. The van der Waals surface area contributed by atoms with Crippen LogP contribution in [-0.2, 0) is 11.3 Å². The molecule has 2 heterocycles. The van der Waals surface area contributed by atoms with E-state index in [1.54, 1.807) is 10.9 Å². The van der Waals surface area contributed by atoms with Crippen molar-refractivity contribution in [3.8, 4) is 11.1 Å². The normalized spacial score (nSPS) is 10.6. The van der Waals surface area contributed by atoms with E-state index in [0.29, 0.717) is 0 Å². The van der Waals surface area contributed by atoms with E-state index in [2.05, 4.69) is 10.1 Å². The van der Waals surface area contributed by atoms with E-state index in [4.69, 9.17) is 5.73 Å². The highest BCUT2D eigenvalue weighted by Crippen LogP contribution is 2.26. The van der Waals surface area contributed by atoms with Crippen molar-refractivity contribution in [1.29, 1.82) is 0 Å². The van der Waals surface area contributed by atoms with Crippen molar-refractivity contribution >= 4 is 5.91 Å². The molecule has 2 rings (SSSR count). The van der Waals surface area contributed by atoms with Gasteiger partial charge in [-0.1, -0.05) is 0 Å². The lowest BCUT2D eigenvalue weighted by Gasteiger charge is -2.04. The van der Waals surface area contributed by atoms with Crippen molar-refractivity contribution in [2.24, 2.45) is 5.73 Å². The lowest BCUT2D eigenvalue weighted by Crippen LogP contribution is -2.20. The molecule has 0 saturated carbocycles. The lowest BCUT2D eigenvalue weighted by atomic mass is 10.0. The number of primary amides is 1. The molecule has 0 aliphatic carbocycles. The van der Waals surface area contributed by atoms with Gasteiger partial charge < -0.3 is 5.73 Å². The standard InChI is InChI=1S/C13H16N4O/c1-8-6-11(4-5-15-8)13-9(2)16-17(10(13)3)7-12(14)18/h4-6H,7H2,1-3H3,(H2,14,18). The Bertz CT molecular complexity index is 601. The SMILES string of the molecule is Cc1cc(-c2c(C)nn(CC(N)=O)c2C)ccn1. The monoisotopic (exact) mass is 244 g/mol. The fourth-order valence-corrected chi connectivity index (χ4v) is 2.12. The zero-order valence-corrected chi connectivity index (χ0v) is 10.8. The maximum atomic E-state index is 11.0. The molecule has 0 bridgehead atoms. The Labute approximate surface area is 106 Å². The van der Waals surface area contributed by atoms with Gasteiger partial charge in [-0.15, -0.1) is 0 Å². The van der Waals surface area contributed by atoms with Crippen LogP contribution in [0.5, 0.6) is 0 Å². The van der Waals surface area contributed by atoms with Gasteiger partial charge >= 0.3 is 0 Å². The van der Waals surface area contributed by atoms with Crippen LogP contribution in [0.15, 0.2) is 18.3 Å². The van der Waals surface area contributed by atoms with E-state index in [1.807, 2.05) is 32.9 Å². The molecule has 0 atom stereocenters. The van der Waals surface area contributed by atoms with Crippen molar-refractivity contribution in [2.45, 2.75) is 27.3 Å². The summed E-state index contributed by atoms with van der Waals surface area (Å²) in [6.07, 6.45) is 1.77. The van der Waals surface area contributed by atoms with Crippen LogP contribution in [0.4, 0.5) is 0 Å². The van der Waals surface area contributed by atoms with Crippen LogP contribution in [-0.4, -0.2) is 20.7 Å². The zero-order chi connectivity index (χ0) is 13.3. The summed E-state index contributed by atoms with van der Waals surface area (Å²) in [6.45, 7) is 5.92. The number of aryl methyl sites for hydroxylation is 2. The number of rotatable bonds is 3. The minimum atomic E-state index is -0.391. The topological polar surface area (TPSA) is 73.8 Å². The molecule has 18 heavy (non-hydrogen) atoms. The van der Waals surface area contributed by atoms with Crippen LogP contribution in [0, 0.1) is 20.8 Å². The van der Waals surface area contributed by atoms with Gasteiger partial charge in [0.25, 0.3) is 0 Å². The van der Waals surface area contributed by atoms with Crippen molar-refractivity contribution in [3.63, 3.8) is 0 Å². The van der Waals surface area contributed by atoms with Crippen LogP contribution in [0.3, 0.4) is 0 Å². The molecule has 2 aromatic rings. The Morgan fingerprint density at radius 1 is 1.39 bits per heavy atom. The number of nitrogens with two attached hydrogens (primary N) is 1. The zero-order valence-electron chi connectivity index (χ0n) is 10.8. The average molecular weight is 244 g/mol. The van der Waals surface area contributed by atoms with Gasteiger partial charge in [-0.25, -0.2) is 0 Å². The van der Waals surface area contributed by atoms with Crippen molar-refractivity contribution in [3.05, 3.63) is 35.4 Å². The van der Waals surface area contributed by atoms with Crippen molar-refractivity contribution in [1.82, 2.24) is 14.8 Å². The first-order valence-electron chi connectivity index (χ1n) is 5.74. The smallest absolute Gasteiger partial charge is 0.239 e. The summed E-state index contributed by atoms with van der Waals surface area (Å²) < 4.78 is 1.64. The van der Waals surface area contributed by atoms with E-state index < -0.39 is 5.91 Å². The molecule has 0 aromatic carbocycles. The summed E-state index contributed by atoms with van der Waals surface area (Å²) in [5.74, 6) is -0.391. The predicted octanol–water partition coefficient (Wildman–Crippen LogP) is 1.36. The van der Waals surface area contributed by atoms with Crippen LogP contribution >= 0.6 is 0 Å². The number of amides is 1. The van der Waals surface area contributed by atoms with Gasteiger partial charge in [-0.3, -0.25) is 14.5 Å². The van der Waals surface area contributed by atoms with Crippen LogP contribution in [0.2, 0.25) is 0 Å². The van der Waals surface area contributed by atoms with E-state index in [0.717, 1.165) is 28.2 Å². The number of hydrogen-bond acceptors (Lipinski definition) is 3. The summed E-state index contributed by atoms with van der Waals surface area (Å²) in [6, 6.07) is 3.95. The fraction of sp³-hybridized carbons (Fsp3) is 0.308. The van der Waals surface area contributed by atoms with E-state index >= 15 is 0 Å². The Morgan fingerprint density at radius 3 is 2.72 bits per heavy atom. The van der Waals surface area contributed by atoms with Crippen molar-refractivity contribution < 1.29 is 4.79 Å². The van der Waals surface area contributed by atoms with E-state index in [1.165, 1.54) is 0 Å². The van der Waals surface area contributed by atoms with Gasteiger partial charge in [-0.05, 0) is 38.5 Å². The lowest BCUT2D eigenvalue weighted by molar-refractivity contribution is -0.118. The molecular formula is C13H16N4O. The first kappa shape index (κ1) is 12.3. The quantitative estimate of drug-likeness (QED) is 0.885. The highest BCUT2D eigenvalue weighted by molar-refractivity contribution is 5.74. The number of pyridine rings is 1. The molecule has 0 fully saturated rings. The molecule has 0 radical (unpaired) electrons. The Morgan fingerprint density at radius 2 is 2.11 bits per heavy atom. The van der Waals surface area contributed by atoms with Gasteiger partial charge in [0.1, 0.15) is 6.54 Å². The number of carbonyl (C=O) groups is 1. The second-order valence-corrected chi connectivity index (χ2v) is 4.36. The molecule has 0 aliphatic heterocycles. The molecule has 2 N–H and O–H groups in total. The van der Waals surface area contributed by atoms with Gasteiger partial charge in [0.2, 0.25) is 5.91 Å². The predicted molar refractivity (Wildman–Crippen MR) is 68.9 cm³/mol. The number of nitrogens with zero attached hydrogens (tertiary/aromatic N) is 3. The van der Waals surface area contributed by atoms with Crippen molar-refractivity contribution in [2.75, 3.05) is 0 Å². The number of carbonyl (C=O) groups excluding carboxylic acids is 1. The third-order valence-corrected chi connectivity index (χ3v) is 2.87. The highest BCUT2D eigenvalue weighted by Gasteiger charge is 2.14. The maximum absolute atomic E-state index is 11.0. The van der Waals surface area contributed by atoms with Gasteiger partial charge in [-0.2, -0.15) is 5.10 Å². The van der Waals surface area contributed by atoms with Crippen LogP contribution in [0.1, 0.15) is 17.1 Å². The molecule has 5 heteroatoms. The van der Waals surface area contributed by atoms with Gasteiger partial charge in [0.05, 0.1) is 5.69 Å². The maximum Gasteiger partial charge on any atom is 0.239 e. The fourth-order valence-electron chi connectivity index (χ4n) is 2.12. The summed E-state index contributed by atoms with van der Waals surface area (Å²) in [5, 5.41) is 4.35. The molecule has 94 valence electrons. The summed E-state index contributed by atoms with van der Waals surface area (Å²) >= 11 is 0. The largest absolute Gasteiger partial charge is 0.368 e. The van der Waals surface area contributed by atoms with Crippen LogP contribution < -0.4 is 5.73 Å². The Kier molecular flexibility index (Phi) is 3.14. The summed E-state index contributed by atoms with van der Waals surface area (Å²) in [5.41, 5.74) is 10.1. The van der Waals surface area contributed by atoms with Crippen LogP contribution in [0.25, 0.3) is 11.1 Å². The molecule has 0 spiro atoms. The molecule has 2 aromatic heterocycles. The Balaban J connectivity index is 2.51. The van der Waals surface area contributed by atoms with Gasteiger partial charge in [0, 0.05) is 23.1 Å². The van der Waals surface area contributed by atoms with E-state index in [9.17, 15) is 4.79 Å². The molecule has 5 nitrogen and oxygen atoms in total. The molecule has 1 amide bonds. The molecule has 0 unspecified atom stereocenters. The third-order valence-electron chi connectivity index (χ3n) is 2.87. The highest BCUT2D eigenvalue weighted by atomic mass is 16.1. The average Bonchev–Trinajstić information content (AvgIpc) is 2.53. The Hall–Kier alpha value is -2.17. The second kappa shape index (κ2) is 4.60. The summed E-state index contributed by atoms with van der Waals surface area (Å²) in [7, 11) is 0. The minimum absolute atomic E-state index is 0.108. The second-order valence-electron chi connectivity index (χ2n) is 4.36. The van der Waals surface area contributed by atoms with Gasteiger partial charge in [0.15, 0.2) is 0 Å². The summed E-state index contributed by atoms with van der Waals surface area (Å²) in [4.78, 5) is 15.2. The minimum Gasteiger partial charge on any atom is -0.368 e. The van der Waals surface area contributed by atoms with E-state index in [-0.39, 0.29) is 6.54 Å². The molecular weight excluding hydrogens is 228 g/mol. The first-order valence-corrected chi connectivity index (χ1v) is 5.74. The number of hydrogen-bond donors (Lipinski definition) is 1.